The molecule has 2 nitrogen and oxygen atoms in total. The van der Waals surface area contributed by atoms with Crippen LogP contribution in [-0.4, -0.2) is 24.5 Å². The predicted molar refractivity (Wildman–Crippen MR) is 75.2 cm³/mol. The quantitative estimate of drug-likeness (QED) is 0.868. The third kappa shape index (κ3) is 5.13. The summed E-state index contributed by atoms with van der Waals surface area (Å²) in [4.78, 5) is 1.88. The van der Waals surface area contributed by atoms with Crippen molar-refractivity contribution in [3.63, 3.8) is 0 Å². The lowest BCUT2D eigenvalue weighted by Crippen LogP contribution is -2.32. The molecule has 1 aromatic carbocycles. The van der Waals surface area contributed by atoms with Crippen LogP contribution in [0, 0.1) is 5.92 Å². The summed E-state index contributed by atoms with van der Waals surface area (Å²) in [7, 11) is 1.82. The number of halogens is 3. The first-order valence-corrected chi connectivity index (χ1v) is 6.81. The highest BCUT2D eigenvalue weighted by atomic mass is 19.4. The Hall–Kier alpha value is -1.07. The highest BCUT2D eigenvalue weighted by Crippen LogP contribution is 2.32. The van der Waals surface area contributed by atoms with Crippen molar-refractivity contribution in [3.8, 4) is 0 Å². The van der Waals surface area contributed by atoms with Crippen molar-refractivity contribution in [3.05, 3.63) is 35.4 Å². The number of benzene rings is 1. The molecular formula is C15H23F3N2. The van der Waals surface area contributed by atoms with Gasteiger partial charge in [-0.3, -0.25) is 0 Å². The summed E-state index contributed by atoms with van der Waals surface area (Å²) in [6.07, 6.45) is -3.52. The Morgan fingerprint density at radius 2 is 1.80 bits per heavy atom. The van der Waals surface area contributed by atoms with Crippen molar-refractivity contribution in [2.45, 2.75) is 39.0 Å². The average Bonchev–Trinajstić information content (AvgIpc) is 2.35. The maximum absolute atomic E-state index is 12.9. The molecule has 0 aliphatic rings. The Bertz CT molecular complexity index is 416. The van der Waals surface area contributed by atoms with Crippen molar-refractivity contribution in [1.29, 1.82) is 0 Å². The molecule has 0 heterocycles. The molecule has 0 fully saturated rings. The standard InChI is InChI=1S/C15H23F3N2/c1-11(2)14(19)8-9-20(3)10-12-6-4-5-7-13(12)15(16,17)18/h4-7,11,14H,8-10,19H2,1-3H3. The van der Waals surface area contributed by atoms with Gasteiger partial charge in [0.25, 0.3) is 0 Å². The Morgan fingerprint density at radius 3 is 2.35 bits per heavy atom. The lowest BCUT2D eigenvalue weighted by molar-refractivity contribution is -0.138. The molecule has 2 N–H and O–H groups in total. The molecule has 20 heavy (non-hydrogen) atoms. The van der Waals surface area contributed by atoms with Crippen LogP contribution >= 0.6 is 0 Å². The Morgan fingerprint density at radius 1 is 1.20 bits per heavy atom. The first-order chi connectivity index (χ1) is 9.21. The van der Waals surface area contributed by atoms with Crippen LogP contribution < -0.4 is 5.73 Å². The summed E-state index contributed by atoms with van der Waals surface area (Å²) in [5.74, 6) is 0.380. The highest BCUT2D eigenvalue weighted by Gasteiger charge is 2.32. The summed E-state index contributed by atoms with van der Waals surface area (Å²) >= 11 is 0. The van der Waals surface area contributed by atoms with Gasteiger partial charge in [0, 0.05) is 12.6 Å². The summed E-state index contributed by atoms with van der Waals surface area (Å²) in [6.45, 7) is 5.05. The molecule has 114 valence electrons. The van der Waals surface area contributed by atoms with Gasteiger partial charge in [0.15, 0.2) is 0 Å². The third-order valence-electron chi connectivity index (χ3n) is 3.46. The fraction of sp³-hybridized carbons (Fsp3) is 0.600. The summed E-state index contributed by atoms with van der Waals surface area (Å²) in [5, 5.41) is 0. The van der Waals surface area contributed by atoms with E-state index < -0.39 is 11.7 Å². The topological polar surface area (TPSA) is 29.3 Å². The molecule has 0 amide bonds. The van der Waals surface area contributed by atoms with Gasteiger partial charge in [-0.05, 0) is 37.6 Å². The van der Waals surface area contributed by atoms with Crippen molar-refractivity contribution in [1.82, 2.24) is 4.90 Å². The molecule has 0 radical (unpaired) electrons. The Labute approximate surface area is 118 Å². The molecule has 1 atom stereocenters. The second kappa shape index (κ2) is 7.09. The second-order valence-electron chi connectivity index (χ2n) is 5.59. The maximum atomic E-state index is 12.9. The summed E-state index contributed by atoms with van der Waals surface area (Å²) in [5.41, 5.74) is 5.70. The van der Waals surface area contributed by atoms with Gasteiger partial charge in [-0.2, -0.15) is 13.2 Å². The zero-order valence-corrected chi connectivity index (χ0v) is 12.2. The molecule has 0 aliphatic carbocycles. The first kappa shape index (κ1) is 17.0. The number of hydrogen-bond acceptors (Lipinski definition) is 2. The van der Waals surface area contributed by atoms with Gasteiger partial charge in [-0.25, -0.2) is 0 Å². The van der Waals surface area contributed by atoms with E-state index in [9.17, 15) is 13.2 Å². The van der Waals surface area contributed by atoms with Gasteiger partial charge < -0.3 is 10.6 Å². The van der Waals surface area contributed by atoms with E-state index in [4.69, 9.17) is 5.73 Å². The zero-order valence-electron chi connectivity index (χ0n) is 12.2. The number of hydrogen-bond donors (Lipinski definition) is 1. The van der Waals surface area contributed by atoms with Crippen molar-refractivity contribution in [2.75, 3.05) is 13.6 Å². The molecule has 1 aromatic rings. The summed E-state index contributed by atoms with van der Waals surface area (Å²) in [6, 6.07) is 5.79. The molecule has 5 heteroatoms. The molecule has 1 unspecified atom stereocenters. The monoisotopic (exact) mass is 288 g/mol. The molecule has 0 spiro atoms. The van der Waals surface area contributed by atoms with Gasteiger partial charge in [0.2, 0.25) is 0 Å². The number of nitrogens with two attached hydrogens (primary N) is 1. The van der Waals surface area contributed by atoms with Gasteiger partial charge in [0.05, 0.1) is 5.56 Å². The van der Waals surface area contributed by atoms with E-state index in [0.29, 0.717) is 18.0 Å². The second-order valence-corrected chi connectivity index (χ2v) is 5.59. The van der Waals surface area contributed by atoms with E-state index in [1.54, 1.807) is 6.07 Å². The van der Waals surface area contributed by atoms with Crippen molar-refractivity contribution < 1.29 is 13.2 Å². The van der Waals surface area contributed by atoms with Crippen molar-refractivity contribution >= 4 is 0 Å². The van der Waals surface area contributed by atoms with Crippen molar-refractivity contribution in [2.24, 2.45) is 11.7 Å². The minimum absolute atomic E-state index is 0.0790. The fourth-order valence-electron chi connectivity index (χ4n) is 2.01. The molecule has 0 aromatic heterocycles. The molecular weight excluding hydrogens is 265 g/mol. The van der Waals surface area contributed by atoms with Crippen LogP contribution in [-0.2, 0) is 12.7 Å². The number of rotatable bonds is 6. The number of nitrogens with zero attached hydrogens (tertiary/aromatic N) is 1. The third-order valence-corrected chi connectivity index (χ3v) is 3.46. The van der Waals surface area contributed by atoms with Gasteiger partial charge in [0.1, 0.15) is 0 Å². The van der Waals surface area contributed by atoms with E-state index >= 15 is 0 Å². The molecule has 0 saturated heterocycles. The lowest BCUT2D eigenvalue weighted by Gasteiger charge is -2.22. The summed E-state index contributed by atoms with van der Waals surface area (Å²) < 4.78 is 38.6. The molecule has 0 aliphatic heterocycles. The van der Waals surface area contributed by atoms with Gasteiger partial charge in [-0.1, -0.05) is 32.0 Å². The normalized spacial score (nSPS) is 14.1. The van der Waals surface area contributed by atoms with Crippen LogP contribution in [0.15, 0.2) is 24.3 Å². The average molecular weight is 288 g/mol. The van der Waals surface area contributed by atoms with Crippen LogP contribution in [0.1, 0.15) is 31.4 Å². The fourth-order valence-corrected chi connectivity index (χ4v) is 2.01. The minimum Gasteiger partial charge on any atom is -0.327 e. The van der Waals surface area contributed by atoms with E-state index in [-0.39, 0.29) is 12.6 Å². The zero-order chi connectivity index (χ0) is 15.3. The maximum Gasteiger partial charge on any atom is 0.416 e. The first-order valence-electron chi connectivity index (χ1n) is 6.81. The lowest BCUT2D eigenvalue weighted by atomic mass is 10.0. The highest BCUT2D eigenvalue weighted by molar-refractivity contribution is 5.29. The van der Waals surface area contributed by atoms with E-state index in [1.165, 1.54) is 12.1 Å². The van der Waals surface area contributed by atoms with E-state index in [1.807, 2.05) is 25.8 Å². The van der Waals surface area contributed by atoms with Crippen LogP contribution in [0.4, 0.5) is 13.2 Å². The predicted octanol–water partition coefficient (Wildman–Crippen LogP) is 3.51. The largest absolute Gasteiger partial charge is 0.416 e. The van der Waals surface area contributed by atoms with Crippen LogP contribution in [0.25, 0.3) is 0 Å². The van der Waals surface area contributed by atoms with Gasteiger partial charge >= 0.3 is 6.18 Å². The molecule has 0 bridgehead atoms. The molecule has 0 saturated carbocycles. The van der Waals surface area contributed by atoms with Gasteiger partial charge in [-0.15, -0.1) is 0 Å². The molecule has 1 rings (SSSR count). The Kier molecular flexibility index (Phi) is 6.02. The van der Waals surface area contributed by atoms with Crippen LogP contribution in [0.5, 0.6) is 0 Å². The van der Waals surface area contributed by atoms with Crippen LogP contribution in [0.3, 0.4) is 0 Å². The van der Waals surface area contributed by atoms with Crippen LogP contribution in [0.2, 0.25) is 0 Å². The SMILES string of the molecule is CC(C)C(N)CCN(C)Cc1ccccc1C(F)(F)F. The van der Waals surface area contributed by atoms with E-state index in [2.05, 4.69) is 0 Å². The minimum atomic E-state index is -4.30. The Balaban J connectivity index is 2.65. The smallest absolute Gasteiger partial charge is 0.327 e. The van der Waals surface area contributed by atoms with E-state index in [0.717, 1.165) is 12.5 Å². The number of alkyl halides is 3.